The van der Waals surface area contributed by atoms with Gasteiger partial charge in [0.2, 0.25) is 0 Å². The highest BCUT2D eigenvalue weighted by Gasteiger charge is 2.26. The monoisotopic (exact) mass is 655 g/mol. The fourth-order valence-corrected chi connectivity index (χ4v) is 5.34. The predicted molar refractivity (Wildman–Crippen MR) is 179 cm³/mol. The second-order valence-corrected chi connectivity index (χ2v) is 11.6. The summed E-state index contributed by atoms with van der Waals surface area (Å²) < 4.78 is 28.0. The van der Waals surface area contributed by atoms with E-state index in [1.165, 1.54) is 12.4 Å². The van der Waals surface area contributed by atoms with E-state index in [9.17, 15) is 28.0 Å². The van der Waals surface area contributed by atoms with E-state index in [2.05, 4.69) is 25.9 Å². The maximum Gasteiger partial charge on any atom is 0.266 e. The molecule has 248 valence electrons. The van der Waals surface area contributed by atoms with Gasteiger partial charge in [-0.05, 0) is 68.9 Å². The Hall–Kier alpha value is -5.69. The molecule has 2 aromatic heterocycles. The van der Waals surface area contributed by atoms with Crippen molar-refractivity contribution in [1.82, 2.24) is 30.1 Å². The number of nitrogens with zero attached hydrogens (tertiary/aromatic N) is 3. The van der Waals surface area contributed by atoms with Crippen LogP contribution in [0.2, 0.25) is 0 Å². The molecule has 0 saturated heterocycles. The first kappa shape index (κ1) is 33.7. The van der Waals surface area contributed by atoms with Crippen LogP contribution in [0.15, 0.2) is 59.8 Å². The summed E-state index contributed by atoms with van der Waals surface area (Å²) in [5, 5.41) is 8.46. The van der Waals surface area contributed by atoms with Crippen LogP contribution in [0.25, 0.3) is 17.7 Å². The molecule has 4 N–H and O–H groups in total. The zero-order chi connectivity index (χ0) is 34.5. The molecule has 1 aliphatic rings. The third kappa shape index (κ3) is 7.47. The van der Waals surface area contributed by atoms with E-state index < -0.39 is 23.1 Å². The fourth-order valence-electron chi connectivity index (χ4n) is 5.34. The molecule has 0 aliphatic carbocycles. The van der Waals surface area contributed by atoms with Crippen molar-refractivity contribution in [2.75, 3.05) is 39.0 Å². The first-order valence-corrected chi connectivity index (χ1v) is 15.2. The zero-order valence-corrected chi connectivity index (χ0v) is 26.9. The Morgan fingerprint density at radius 2 is 1.81 bits per heavy atom. The van der Waals surface area contributed by atoms with Crippen molar-refractivity contribution in [2.45, 2.75) is 20.4 Å². The minimum absolute atomic E-state index is 0.0877. The molecule has 0 atom stereocenters. The molecule has 2 aromatic carbocycles. The molecular formula is C35H35F2N7O4. The quantitative estimate of drug-likeness (QED) is 0.182. The number of hydrogen-bond donors (Lipinski definition) is 4. The lowest BCUT2D eigenvalue weighted by atomic mass is 10.0. The number of aryl methyl sites for hydroxylation is 1. The Balaban J connectivity index is 1.23. The average Bonchev–Trinajstić information content (AvgIpc) is 3.50. The van der Waals surface area contributed by atoms with Crippen LogP contribution < -0.4 is 21.5 Å². The number of benzene rings is 2. The van der Waals surface area contributed by atoms with Crippen LogP contribution in [0.5, 0.6) is 0 Å². The number of amides is 3. The number of fused-ring (bicyclic) bond motifs is 1. The Labute approximate surface area is 275 Å². The summed E-state index contributed by atoms with van der Waals surface area (Å²) >= 11 is 0. The van der Waals surface area contributed by atoms with Gasteiger partial charge in [0.25, 0.3) is 23.3 Å². The van der Waals surface area contributed by atoms with Gasteiger partial charge in [0.05, 0.1) is 24.0 Å². The summed E-state index contributed by atoms with van der Waals surface area (Å²) in [7, 11) is 3.87. The molecule has 0 spiro atoms. The molecule has 0 unspecified atom stereocenters. The average molecular weight is 656 g/mol. The van der Waals surface area contributed by atoms with Crippen LogP contribution in [-0.2, 0) is 11.3 Å². The maximum atomic E-state index is 13.6. The van der Waals surface area contributed by atoms with Crippen molar-refractivity contribution in [3.8, 4) is 0 Å². The summed E-state index contributed by atoms with van der Waals surface area (Å²) in [5.74, 6) is -3.12. The summed E-state index contributed by atoms with van der Waals surface area (Å²) in [4.78, 5) is 60.5. The van der Waals surface area contributed by atoms with Gasteiger partial charge in [0.1, 0.15) is 5.56 Å². The molecule has 0 fully saturated rings. The molecule has 0 saturated carbocycles. The second kappa shape index (κ2) is 14.4. The van der Waals surface area contributed by atoms with Crippen LogP contribution in [-0.4, -0.2) is 70.9 Å². The number of carbonyl (C=O) groups excluding carboxylic acids is 3. The maximum absolute atomic E-state index is 13.6. The van der Waals surface area contributed by atoms with Gasteiger partial charge < -0.3 is 25.8 Å². The molecule has 0 bridgehead atoms. The normalized spacial score (nSPS) is 13.3. The van der Waals surface area contributed by atoms with Crippen LogP contribution in [0.1, 0.15) is 54.4 Å². The number of hydrogen-bond acceptors (Lipinski definition) is 6. The van der Waals surface area contributed by atoms with E-state index in [1.807, 2.05) is 45.0 Å². The SMILES string of the molecule is Cc1[nH]c(C=C2C(=O)Nc3cc(C=CCNC(=O)c4cncn(Cc5ccc(F)c(F)c5)c4=O)ccc32)c(C)c1C(=O)NCCN(C)C. The second-order valence-electron chi connectivity index (χ2n) is 11.6. The number of aromatic nitrogens is 3. The smallest absolute Gasteiger partial charge is 0.266 e. The summed E-state index contributed by atoms with van der Waals surface area (Å²) in [5.41, 5.74) is 4.77. The topological polar surface area (TPSA) is 141 Å². The molecule has 3 amide bonds. The lowest BCUT2D eigenvalue weighted by Crippen LogP contribution is -2.33. The Morgan fingerprint density at radius 1 is 1.02 bits per heavy atom. The number of nitrogens with one attached hydrogen (secondary N) is 4. The van der Waals surface area contributed by atoms with Gasteiger partial charge in [-0.15, -0.1) is 0 Å². The van der Waals surface area contributed by atoms with Crippen molar-refractivity contribution in [2.24, 2.45) is 0 Å². The van der Waals surface area contributed by atoms with Crippen molar-refractivity contribution in [3.63, 3.8) is 0 Å². The first-order valence-electron chi connectivity index (χ1n) is 15.2. The van der Waals surface area contributed by atoms with Crippen LogP contribution >= 0.6 is 0 Å². The van der Waals surface area contributed by atoms with Crippen LogP contribution in [0, 0.1) is 25.5 Å². The third-order valence-electron chi connectivity index (χ3n) is 7.84. The molecule has 3 heterocycles. The molecule has 1 aliphatic heterocycles. The minimum Gasteiger partial charge on any atom is -0.358 e. The van der Waals surface area contributed by atoms with Gasteiger partial charge in [0.15, 0.2) is 11.6 Å². The van der Waals surface area contributed by atoms with E-state index in [4.69, 9.17) is 0 Å². The third-order valence-corrected chi connectivity index (χ3v) is 7.84. The first-order chi connectivity index (χ1) is 22.9. The van der Waals surface area contributed by atoms with Crippen LogP contribution in [0.3, 0.4) is 0 Å². The summed E-state index contributed by atoms with van der Waals surface area (Å²) in [6.45, 7) is 4.91. The van der Waals surface area contributed by atoms with E-state index in [0.29, 0.717) is 52.4 Å². The van der Waals surface area contributed by atoms with E-state index >= 15 is 0 Å². The molecule has 11 nitrogen and oxygen atoms in total. The van der Waals surface area contributed by atoms with E-state index in [1.54, 1.807) is 24.3 Å². The fraction of sp³-hybridized carbons (Fsp3) is 0.229. The lowest BCUT2D eigenvalue weighted by Gasteiger charge is -2.10. The highest BCUT2D eigenvalue weighted by atomic mass is 19.2. The number of halogens is 2. The number of anilines is 1. The van der Waals surface area contributed by atoms with Crippen LogP contribution in [0.4, 0.5) is 14.5 Å². The Kier molecular flexibility index (Phi) is 10.1. The molecular weight excluding hydrogens is 620 g/mol. The molecule has 0 radical (unpaired) electrons. The molecule has 48 heavy (non-hydrogen) atoms. The number of rotatable bonds is 11. The van der Waals surface area contributed by atoms with Gasteiger partial charge in [-0.25, -0.2) is 13.8 Å². The van der Waals surface area contributed by atoms with Crippen molar-refractivity contribution >= 4 is 41.1 Å². The predicted octanol–water partition coefficient (Wildman–Crippen LogP) is 3.74. The number of carbonyl (C=O) groups is 3. The van der Waals surface area contributed by atoms with Gasteiger partial charge in [0, 0.05) is 48.5 Å². The molecule has 13 heteroatoms. The number of likely N-dealkylation sites (N-methyl/N-ethyl adjacent to an activating group) is 1. The summed E-state index contributed by atoms with van der Waals surface area (Å²) in [6.07, 6.45) is 7.57. The highest BCUT2D eigenvalue weighted by Crippen LogP contribution is 2.35. The van der Waals surface area contributed by atoms with E-state index in [-0.39, 0.29) is 30.5 Å². The van der Waals surface area contributed by atoms with Gasteiger partial charge in [-0.1, -0.05) is 30.4 Å². The van der Waals surface area contributed by atoms with Crippen molar-refractivity contribution in [3.05, 3.63) is 122 Å². The van der Waals surface area contributed by atoms with Gasteiger partial charge in [-0.2, -0.15) is 0 Å². The standard InChI is InChI=1S/C35H35F2N7O4/c1-20-29(41-21(2)31(20)34(47)40-12-13-43(3)4)16-25-24-9-7-22(15-30(24)42-33(25)46)6-5-11-39-32(45)26-17-38-19-44(35(26)48)18-23-8-10-27(36)28(37)14-23/h5-10,14-17,19,41H,11-13,18H2,1-4H3,(H,39,45)(H,40,47)(H,42,46). The number of H-pyrrole nitrogens is 1. The zero-order valence-electron chi connectivity index (χ0n) is 26.9. The largest absolute Gasteiger partial charge is 0.358 e. The number of aromatic amines is 1. The van der Waals surface area contributed by atoms with Gasteiger partial charge >= 0.3 is 0 Å². The van der Waals surface area contributed by atoms with E-state index in [0.717, 1.165) is 34.0 Å². The Morgan fingerprint density at radius 3 is 2.56 bits per heavy atom. The highest BCUT2D eigenvalue weighted by molar-refractivity contribution is 6.35. The molecule has 4 aromatic rings. The lowest BCUT2D eigenvalue weighted by molar-refractivity contribution is -0.110. The van der Waals surface area contributed by atoms with Crippen molar-refractivity contribution < 1.29 is 23.2 Å². The Bertz CT molecular complexity index is 2030. The summed E-state index contributed by atoms with van der Waals surface area (Å²) in [6, 6.07) is 8.76. The van der Waals surface area contributed by atoms with Crippen molar-refractivity contribution in [1.29, 1.82) is 0 Å². The minimum atomic E-state index is -1.04. The van der Waals surface area contributed by atoms with Gasteiger partial charge in [-0.3, -0.25) is 23.7 Å². The molecule has 5 rings (SSSR count).